The highest BCUT2D eigenvalue weighted by Gasteiger charge is 2.15. The third kappa shape index (κ3) is 3.89. The molecule has 1 amide bonds. The van der Waals surface area contributed by atoms with Crippen LogP contribution >= 0.6 is 0 Å². The SMILES string of the molecule is C=C(C)C(=O)Nc1ccc(S(=O)(=O)Nc2ncccn2)cc1. The molecule has 0 aliphatic heterocycles. The largest absolute Gasteiger partial charge is 0.322 e. The molecule has 0 aliphatic rings. The molecule has 7 nitrogen and oxygen atoms in total. The highest BCUT2D eigenvalue weighted by atomic mass is 32.2. The van der Waals surface area contributed by atoms with Gasteiger partial charge in [-0.1, -0.05) is 6.58 Å². The molecule has 0 unspecified atom stereocenters. The van der Waals surface area contributed by atoms with Crippen molar-refractivity contribution in [1.82, 2.24) is 9.97 Å². The molecule has 22 heavy (non-hydrogen) atoms. The van der Waals surface area contributed by atoms with Crippen molar-refractivity contribution >= 4 is 27.6 Å². The van der Waals surface area contributed by atoms with Gasteiger partial charge >= 0.3 is 0 Å². The average Bonchev–Trinajstić information content (AvgIpc) is 2.48. The van der Waals surface area contributed by atoms with Crippen molar-refractivity contribution in [3.63, 3.8) is 0 Å². The molecule has 1 aromatic carbocycles. The number of anilines is 2. The lowest BCUT2D eigenvalue weighted by atomic mass is 10.3. The monoisotopic (exact) mass is 318 g/mol. The van der Waals surface area contributed by atoms with Gasteiger partial charge in [0.2, 0.25) is 5.95 Å². The molecule has 0 aliphatic carbocycles. The van der Waals surface area contributed by atoms with Gasteiger partial charge in [0.15, 0.2) is 0 Å². The smallest absolute Gasteiger partial charge is 0.264 e. The Labute approximate surface area is 128 Å². The quantitative estimate of drug-likeness (QED) is 0.819. The van der Waals surface area contributed by atoms with Gasteiger partial charge in [-0.2, -0.15) is 0 Å². The van der Waals surface area contributed by atoms with Gasteiger partial charge in [0.1, 0.15) is 0 Å². The standard InChI is InChI=1S/C14H14N4O3S/c1-10(2)13(19)17-11-4-6-12(7-5-11)22(20,21)18-14-15-8-3-9-16-14/h3-9H,1H2,2H3,(H,17,19)(H,15,16,18). The van der Waals surface area contributed by atoms with Crippen LogP contribution in [-0.2, 0) is 14.8 Å². The van der Waals surface area contributed by atoms with E-state index < -0.39 is 10.0 Å². The summed E-state index contributed by atoms with van der Waals surface area (Å²) in [6.07, 6.45) is 2.86. The third-order valence-electron chi connectivity index (χ3n) is 2.60. The molecule has 0 bridgehead atoms. The van der Waals surface area contributed by atoms with Gasteiger partial charge in [-0.25, -0.2) is 23.1 Å². The number of hydrogen-bond donors (Lipinski definition) is 2. The van der Waals surface area contributed by atoms with Crippen LogP contribution in [0.1, 0.15) is 6.92 Å². The van der Waals surface area contributed by atoms with E-state index in [-0.39, 0.29) is 16.8 Å². The molecular weight excluding hydrogens is 304 g/mol. The Morgan fingerprint density at radius 1 is 1.14 bits per heavy atom. The van der Waals surface area contributed by atoms with Gasteiger partial charge < -0.3 is 5.32 Å². The molecule has 0 radical (unpaired) electrons. The fourth-order valence-electron chi connectivity index (χ4n) is 1.49. The first kappa shape index (κ1) is 15.6. The molecule has 0 atom stereocenters. The summed E-state index contributed by atoms with van der Waals surface area (Å²) in [4.78, 5) is 19.1. The van der Waals surface area contributed by atoms with Crippen molar-refractivity contribution in [2.45, 2.75) is 11.8 Å². The van der Waals surface area contributed by atoms with E-state index in [9.17, 15) is 13.2 Å². The number of hydrogen-bond acceptors (Lipinski definition) is 5. The minimum absolute atomic E-state index is 0.0119. The van der Waals surface area contributed by atoms with E-state index in [2.05, 4.69) is 26.6 Å². The summed E-state index contributed by atoms with van der Waals surface area (Å²) in [5, 5.41) is 2.59. The number of nitrogens with zero attached hydrogens (tertiary/aromatic N) is 2. The molecule has 114 valence electrons. The molecule has 1 heterocycles. The average molecular weight is 318 g/mol. The maximum atomic E-state index is 12.2. The number of aromatic nitrogens is 2. The van der Waals surface area contributed by atoms with E-state index >= 15 is 0 Å². The van der Waals surface area contributed by atoms with Crippen LogP contribution in [0.2, 0.25) is 0 Å². The van der Waals surface area contributed by atoms with Crippen LogP contribution < -0.4 is 10.0 Å². The topological polar surface area (TPSA) is 101 Å². The first-order valence-corrected chi connectivity index (χ1v) is 7.73. The predicted octanol–water partition coefficient (Wildman–Crippen LogP) is 1.79. The van der Waals surface area contributed by atoms with Gasteiger partial charge in [0.05, 0.1) is 4.90 Å². The van der Waals surface area contributed by atoms with Crippen LogP contribution in [0, 0.1) is 0 Å². The summed E-state index contributed by atoms with van der Waals surface area (Å²) in [6, 6.07) is 7.30. The summed E-state index contributed by atoms with van der Waals surface area (Å²) in [5.41, 5.74) is 0.836. The van der Waals surface area contributed by atoms with E-state index in [0.717, 1.165) is 0 Å². The highest BCUT2D eigenvalue weighted by Crippen LogP contribution is 2.16. The Kier molecular flexibility index (Phi) is 4.52. The second-order valence-electron chi connectivity index (χ2n) is 4.44. The number of carbonyl (C=O) groups is 1. The van der Waals surface area contributed by atoms with Crippen LogP contribution in [-0.4, -0.2) is 24.3 Å². The fourth-order valence-corrected chi connectivity index (χ4v) is 2.44. The van der Waals surface area contributed by atoms with E-state index in [1.807, 2.05) is 0 Å². The summed E-state index contributed by atoms with van der Waals surface area (Å²) in [5.74, 6) is -0.339. The number of carbonyl (C=O) groups excluding carboxylic acids is 1. The molecule has 2 aromatic rings. The van der Waals surface area contributed by atoms with Crippen LogP contribution in [0.25, 0.3) is 0 Å². The van der Waals surface area contributed by atoms with E-state index in [4.69, 9.17) is 0 Å². The maximum absolute atomic E-state index is 12.2. The number of sulfonamides is 1. The minimum atomic E-state index is -3.78. The van der Waals surface area contributed by atoms with Gasteiger partial charge in [-0.15, -0.1) is 0 Å². The van der Waals surface area contributed by atoms with E-state index in [0.29, 0.717) is 11.3 Å². The van der Waals surface area contributed by atoms with Gasteiger partial charge in [-0.3, -0.25) is 4.79 Å². The first-order valence-electron chi connectivity index (χ1n) is 6.25. The second kappa shape index (κ2) is 6.35. The maximum Gasteiger partial charge on any atom is 0.264 e. The molecule has 0 saturated carbocycles. The van der Waals surface area contributed by atoms with Gasteiger partial charge in [0, 0.05) is 23.7 Å². The zero-order chi connectivity index (χ0) is 16.2. The number of rotatable bonds is 5. The summed E-state index contributed by atoms with van der Waals surface area (Å²) >= 11 is 0. The van der Waals surface area contributed by atoms with E-state index in [1.54, 1.807) is 13.0 Å². The molecular formula is C14H14N4O3S. The summed E-state index contributed by atoms with van der Waals surface area (Å²) in [6.45, 7) is 5.10. The van der Waals surface area contributed by atoms with Gasteiger partial charge in [-0.05, 0) is 37.3 Å². The number of benzene rings is 1. The van der Waals surface area contributed by atoms with Crippen molar-refractivity contribution in [2.75, 3.05) is 10.0 Å². The molecule has 2 N–H and O–H groups in total. The molecule has 0 fully saturated rings. The van der Waals surface area contributed by atoms with Crippen LogP contribution in [0.5, 0.6) is 0 Å². The Balaban J connectivity index is 2.15. The fraction of sp³-hybridized carbons (Fsp3) is 0.0714. The normalized spacial score (nSPS) is 10.8. The van der Waals surface area contributed by atoms with Crippen LogP contribution in [0.15, 0.2) is 59.8 Å². The third-order valence-corrected chi connectivity index (χ3v) is 3.95. The Hall–Kier alpha value is -2.74. The van der Waals surface area contributed by atoms with E-state index in [1.165, 1.54) is 36.7 Å². The van der Waals surface area contributed by atoms with Crippen molar-refractivity contribution in [2.24, 2.45) is 0 Å². The molecule has 2 rings (SSSR count). The lowest BCUT2D eigenvalue weighted by Crippen LogP contribution is -2.15. The van der Waals surface area contributed by atoms with Crippen molar-refractivity contribution in [1.29, 1.82) is 0 Å². The first-order chi connectivity index (χ1) is 10.4. The van der Waals surface area contributed by atoms with Crippen molar-refractivity contribution < 1.29 is 13.2 Å². The van der Waals surface area contributed by atoms with Crippen LogP contribution in [0.3, 0.4) is 0 Å². The minimum Gasteiger partial charge on any atom is -0.322 e. The Bertz CT molecular complexity index is 787. The zero-order valence-electron chi connectivity index (χ0n) is 11.8. The molecule has 1 aromatic heterocycles. The molecule has 0 spiro atoms. The number of nitrogens with one attached hydrogen (secondary N) is 2. The lowest BCUT2D eigenvalue weighted by Gasteiger charge is -2.08. The predicted molar refractivity (Wildman–Crippen MR) is 82.7 cm³/mol. The van der Waals surface area contributed by atoms with Gasteiger partial charge in [0.25, 0.3) is 15.9 Å². The van der Waals surface area contributed by atoms with Crippen molar-refractivity contribution in [3.05, 3.63) is 54.9 Å². The highest BCUT2D eigenvalue weighted by molar-refractivity contribution is 7.92. The molecule has 8 heteroatoms. The lowest BCUT2D eigenvalue weighted by molar-refractivity contribution is -0.112. The Morgan fingerprint density at radius 2 is 1.73 bits per heavy atom. The van der Waals surface area contributed by atoms with Crippen LogP contribution in [0.4, 0.5) is 11.6 Å². The number of amides is 1. The second-order valence-corrected chi connectivity index (χ2v) is 6.12. The molecule has 0 saturated heterocycles. The Morgan fingerprint density at radius 3 is 2.27 bits per heavy atom. The van der Waals surface area contributed by atoms with Crippen molar-refractivity contribution in [3.8, 4) is 0 Å². The summed E-state index contributed by atoms with van der Waals surface area (Å²) in [7, 11) is -3.78. The zero-order valence-corrected chi connectivity index (χ0v) is 12.6. The summed E-state index contributed by atoms with van der Waals surface area (Å²) < 4.78 is 26.6.